The Morgan fingerprint density at radius 3 is 2.50 bits per heavy atom. The van der Waals surface area contributed by atoms with E-state index < -0.39 is 0 Å². The Labute approximate surface area is 136 Å². The third-order valence-corrected chi connectivity index (χ3v) is 5.48. The van der Waals surface area contributed by atoms with Gasteiger partial charge >= 0.3 is 0 Å². The van der Waals surface area contributed by atoms with Crippen LogP contribution in [0.3, 0.4) is 0 Å². The van der Waals surface area contributed by atoms with Crippen LogP contribution in [0.1, 0.15) is 59.1 Å². The molecule has 0 bridgehead atoms. The second-order valence-corrected chi connectivity index (χ2v) is 6.88. The summed E-state index contributed by atoms with van der Waals surface area (Å²) in [5.74, 6) is 0.339. The fourth-order valence-corrected chi connectivity index (χ4v) is 3.72. The molecule has 3 nitrogen and oxygen atoms in total. The van der Waals surface area contributed by atoms with E-state index in [1.54, 1.807) is 11.3 Å². The normalized spacial score (nSPS) is 13.4. The zero-order valence-electron chi connectivity index (χ0n) is 14.0. The van der Waals surface area contributed by atoms with Crippen molar-refractivity contribution in [2.45, 2.75) is 46.5 Å². The van der Waals surface area contributed by atoms with Gasteiger partial charge in [-0.3, -0.25) is 4.79 Å². The summed E-state index contributed by atoms with van der Waals surface area (Å²) in [7, 11) is 1.98. The van der Waals surface area contributed by atoms with Gasteiger partial charge in [-0.2, -0.15) is 4.99 Å². The molecule has 2 aromatic rings. The number of rotatable bonds is 4. The Balaban J connectivity index is 2.37. The number of carbonyl (C=O) groups is 1. The zero-order valence-corrected chi connectivity index (χ0v) is 14.8. The lowest BCUT2D eigenvalue weighted by atomic mass is 10.0. The molecule has 0 N–H and O–H groups in total. The van der Waals surface area contributed by atoms with Crippen LogP contribution in [0.15, 0.2) is 29.3 Å². The maximum atomic E-state index is 12.3. The number of aromatic nitrogens is 1. The number of hydrogen-bond donors (Lipinski definition) is 0. The first-order chi connectivity index (χ1) is 10.4. The van der Waals surface area contributed by atoms with Crippen LogP contribution in [0.2, 0.25) is 0 Å². The van der Waals surface area contributed by atoms with Gasteiger partial charge in [-0.05, 0) is 38.3 Å². The minimum absolute atomic E-state index is 0.174. The summed E-state index contributed by atoms with van der Waals surface area (Å²) in [5.41, 5.74) is 2.99. The van der Waals surface area contributed by atoms with Gasteiger partial charge < -0.3 is 4.57 Å². The summed E-state index contributed by atoms with van der Waals surface area (Å²) < 4.78 is 2.03. The van der Waals surface area contributed by atoms with Crippen molar-refractivity contribution in [3.8, 4) is 0 Å². The summed E-state index contributed by atoms with van der Waals surface area (Å²) in [4.78, 5) is 18.8. The van der Waals surface area contributed by atoms with Crippen molar-refractivity contribution < 1.29 is 4.79 Å². The van der Waals surface area contributed by atoms with Gasteiger partial charge in [0.15, 0.2) is 4.80 Å². The van der Waals surface area contributed by atoms with E-state index in [1.165, 1.54) is 10.6 Å². The van der Waals surface area contributed by atoms with E-state index in [9.17, 15) is 4.79 Å². The van der Waals surface area contributed by atoms with Crippen LogP contribution in [0.5, 0.6) is 0 Å². The zero-order chi connectivity index (χ0) is 16.3. The van der Waals surface area contributed by atoms with Gasteiger partial charge in [0, 0.05) is 23.2 Å². The summed E-state index contributed by atoms with van der Waals surface area (Å²) in [5, 5.41) is 0. The molecular weight excluding hydrogens is 292 g/mol. The van der Waals surface area contributed by atoms with Crippen molar-refractivity contribution in [1.29, 1.82) is 0 Å². The number of aryl methyl sites for hydroxylation is 1. The Kier molecular flexibility index (Phi) is 5.35. The number of benzene rings is 1. The first kappa shape index (κ1) is 16.7. The molecule has 118 valence electrons. The standard InChI is InChI=1S/C18H24N2OS/c1-6-7-13(3)16-14(4)20(5)18(22-16)19-17(21)15-10-8-12(2)9-11-15/h8-11,13H,6-7H2,1-5H3/t13-/m0/s1. The fourth-order valence-electron chi connectivity index (χ4n) is 2.52. The van der Waals surface area contributed by atoms with Crippen molar-refractivity contribution in [3.63, 3.8) is 0 Å². The van der Waals surface area contributed by atoms with Crippen molar-refractivity contribution in [2.75, 3.05) is 0 Å². The Morgan fingerprint density at radius 2 is 1.91 bits per heavy atom. The SMILES string of the molecule is CCC[C@H](C)c1sc(=NC(=O)c2ccc(C)cc2)n(C)c1C. The van der Waals surface area contributed by atoms with Crippen molar-refractivity contribution >= 4 is 17.2 Å². The molecule has 0 fully saturated rings. The van der Waals surface area contributed by atoms with E-state index in [4.69, 9.17) is 0 Å². The molecule has 1 heterocycles. The van der Waals surface area contributed by atoms with Gasteiger partial charge in [0.1, 0.15) is 0 Å². The molecule has 22 heavy (non-hydrogen) atoms. The Morgan fingerprint density at radius 1 is 1.27 bits per heavy atom. The Bertz CT molecular complexity index is 723. The molecule has 0 spiro atoms. The highest BCUT2D eigenvalue weighted by molar-refractivity contribution is 7.09. The van der Waals surface area contributed by atoms with Gasteiger partial charge in [0.05, 0.1) is 0 Å². The van der Waals surface area contributed by atoms with Gasteiger partial charge in [0.25, 0.3) is 5.91 Å². The molecule has 1 aromatic heterocycles. The first-order valence-electron chi connectivity index (χ1n) is 7.76. The van der Waals surface area contributed by atoms with E-state index in [1.807, 2.05) is 42.8 Å². The highest BCUT2D eigenvalue weighted by Gasteiger charge is 2.14. The van der Waals surface area contributed by atoms with Crippen molar-refractivity contribution in [2.24, 2.45) is 12.0 Å². The first-order valence-corrected chi connectivity index (χ1v) is 8.57. The van der Waals surface area contributed by atoms with Crippen molar-refractivity contribution in [3.05, 3.63) is 50.8 Å². The minimum Gasteiger partial charge on any atom is -0.324 e. The van der Waals surface area contributed by atoms with Crippen LogP contribution in [0, 0.1) is 13.8 Å². The van der Waals surface area contributed by atoms with Gasteiger partial charge in [-0.1, -0.05) is 38.0 Å². The van der Waals surface area contributed by atoms with Crippen LogP contribution >= 0.6 is 11.3 Å². The van der Waals surface area contributed by atoms with Gasteiger partial charge in [-0.25, -0.2) is 0 Å². The van der Waals surface area contributed by atoms with Crippen LogP contribution < -0.4 is 4.80 Å². The summed E-state index contributed by atoms with van der Waals surface area (Å²) in [6.45, 7) is 8.56. The van der Waals surface area contributed by atoms with E-state index in [0.29, 0.717) is 11.5 Å². The quantitative estimate of drug-likeness (QED) is 0.826. The number of hydrogen-bond acceptors (Lipinski definition) is 2. The summed E-state index contributed by atoms with van der Waals surface area (Å²) in [6, 6.07) is 7.55. The number of amides is 1. The molecule has 0 aliphatic rings. The lowest BCUT2D eigenvalue weighted by Crippen LogP contribution is -2.14. The largest absolute Gasteiger partial charge is 0.324 e. The van der Waals surface area contributed by atoms with Gasteiger partial charge in [-0.15, -0.1) is 11.3 Å². The molecule has 1 amide bonds. The maximum absolute atomic E-state index is 12.3. The van der Waals surface area contributed by atoms with E-state index in [2.05, 4.69) is 25.8 Å². The number of carbonyl (C=O) groups excluding carboxylic acids is 1. The molecule has 2 rings (SSSR count). The molecule has 0 saturated heterocycles. The molecule has 0 radical (unpaired) electrons. The lowest BCUT2D eigenvalue weighted by molar-refractivity contribution is 0.0998. The highest BCUT2D eigenvalue weighted by Crippen LogP contribution is 2.26. The van der Waals surface area contributed by atoms with Gasteiger partial charge in [0.2, 0.25) is 0 Å². The van der Waals surface area contributed by atoms with E-state index >= 15 is 0 Å². The fraction of sp³-hybridized carbons (Fsp3) is 0.444. The second-order valence-electron chi connectivity index (χ2n) is 5.87. The Hall–Kier alpha value is -1.68. The second kappa shape index (κ2) is 7.05. The molecule has 4 heteroatoms. The van der Waals surface area contributed by atoms with Crippen LogP contribution in [0.25, 0.3) is 0 Å². The van der Waals surface area contributed by atoms with Crippen LogP contribution in [-0.4, -0.2) is 10.5 Å². The molecular formula is C18H24N2OS. The minimum atomic E-state index is -0.174. The third kappa shape index (κ3) is 3.55. The smallest absolute Gasteiger partial charge is 0.279 e. The summed E-state index contributed by atoms with van der Waals surface area (Å²) >= 11 is 1.64. The molecule has 0 saturated carbocycles. The molecule has 0 unspecified atom stereocenters. The van der Waals surface area contributed by atoms with Crippen LogP contribution in [0.4, 0.5) is 0 Å². The average Bonchev–Trinajstić information content (AvgIpc) is 2.76. The predicted octanol–water partition coefficient (Wildman–Crippen LogP) is 4.35. The number of thiazole rings is 1. The number of nitrogens with zero attached hydrogens (tertiary/aromatic N) is 2. The molecule has 0 aliphatic carbocycles. The van der Waals surface area contributed by atoms with Crippen molar-refractivity contribution in [1.82, 2.24) is 4.57 Å². The van der Waals surface area contributed by atoms with Crippen LogP contribution in [-0.2, 0) is 7.05 Å². The lowest BCUT2D eigenvalue weighted by Gasteiger charge is -2.08. The summed E-state index contributed by atoms with van der Waals surface area (Å²) in [6.07, 6.45) is 2.32. The average molecular weight is 316 g/mol. The molecule has 1 aromatic carbocycles. The topological polar surface area (TPSA) is 34.4 Å². The molecule has 1 atom stereocenters. The predicted molar refractivity (Wildman–Crippen MR) is 92.4 cm³/mol. The monoisotopic (exact) mass is 316 g/mol. The maximum Gasteiger partial charge on any atom is 0.279 e. The third-order valence-electron chi connectivity index (χ3n) is 4.01. The van der Waals surface area contributed by atoms with E-state index in [-0.39, 0.29) is 5.91 Å². The molecule has 0 aliphatic heterocycles. The highest BCUT2D eigenvalue weighted by atomic mass is 32.1. The van der Waals surface area contributed by atoms with E-state index in [0.717, 1.165) is 23.2 Å².